The van der Waals surface area contributed by atoms with Crippen molar-refractivity contribution >= 4 is 5.91 Å². The first-order valence-corrected chi connectivity index (χ1v) is 11.5. The number of methoxy groups -OCH3 is 3. The van der Waals surface area contributed by atoms with Gasteiger partial charge in [0.25, 0.3) is 5.91 Å². The molecule has 0 radical (unpaired) electrons. The van der Waals surface area contributed by atoms with Gasteiger partial charge in [-0.15, -0.1) is 0 Å². The van der Waals surface area contributed by atoms with Crippen molar-refractivity contribution in [2.45, 2.75) is 25.9 Å². The van der Waals surface area contributed by atoms with E-state index in [1.54, 1.807) is 45.6 Å². The zero-order valence-electron chi connectivity index (χ0n) is 20.3. The van der Waals surface area contributed by atoms with Crippen LogP contribution in [-0.4, -0.2) is 45.2 Å². The lowest BCUT2D eigenvalue weighted by Gasteiger charge is -2.38. The third-order valence-electron chi connectivity index (χ3n) is 6.56. The van der Waals surface area contributed by atoms with Gasteiger partial charge in [-0.3, -0.25) is 9.69 Å². The van der Waals surface area contributed by atoms with Crippen LogP contribution in [0.4, 0.5) is 0 Å². The highest BCUT2D eigenvalue weighted by molar-refractivity contribution is 5.94. The van der Waals surface area contributed by atoms with E-state index >= 15 is 0 Å². The molecule has 6 nitrogen and oxygen atoms in total. The monoisotopic (exact) mass is 460 g/mol. The molecule has 1 aliphatic heterocycles. The van der Waals surface area contributed by atoms with E-state index in [4.69, 9.17) is 14.2 Å². The average Bonchev–Trinajstić information content (AvgIpc) is 2.88. The Morgan fingerprint density at radius 2 is 1.68 bits per heavy atom. The van der Waals surface area contributed by atoms with Crippen LogP contribution in [0, 0.1) is 6.92 Å². The molecule has 1 N–H and O–H groups in total. The molecule has 6 heteroatoms. The largest absolute Gasteiger partial charge is 0.497 e. The molecule has 0 unspecified atom stereocenters. The highest BCUT2D eigenvalue weighted by Gasteiger charge is 2.30. The Bertz CT molecular complexity index is 1140. The summed E-state index contributed by atoms with van der Waals surface area (Å²) in [5.41, 5.74) is 5.55. The number of nitrogens with one attached hydrogen (secondary N) is 1. The molecule has 1 aliphatic rings. The Hall–Kier alpha value is -3.51. The van der Waals surface area contributed by atoms with Gasteiger partial charge in [0.15, 0.2) is 11.5 Å². The maximum absolute atomic E-state index is 12.9. The van der Waals surface area contributed by atoms with Gasteiger partial charge in [0.05, 0.1) is 27.4 Å². The molecule has 34 heavy (non-hydrogen) atoms. The second-order valence-corrected chi connectivity index (χ2v) is 8.51. The van der Waals surface area contributed by atoms with Gasteiger partial charge >= 0.3 is 0 Å². The Morgan fingerprint density at radius 1 is 0.971 bits per heavy atom. The lowest BCUT2D eigenvalue weighted by atomic mass is 9.91. The quantitative estimate of drug-likeness (QED) is 0.534. The third-order valence-corrected chi connectivity index (χ3v) is 6.56. The number of carbonyl (C=O) groups is 1. The van der Waals surface area contributed by atoms with Crippen molar-refractivity contribution in [2.24, 2.45) is 0 Å². The fraction of sp³-hybridized carbons (Fsp3) is 0.321. The summed E-state index contributed by atoms with van der Waals surface area (Å²) in [5, 5.41) is 3.15. The molecule has 0 spiro atoms. The minimum atomic E-state index is -0.105. The number of rotatable bonds is 8. The zero-order chi connectivity index (χ0) is 24.1. The highest BCUT2D eigenvalue weighted by Crippen LogP contribution is 2.38. The summed E-state index contributed by atoms with van der Waals surface area (Å²) in [5.74, 6) is 2.05. The first kappa shape index (κ1) is 23.6. The van der Waals surface area contributed by atoms with Gasteiger partial charge < -0.3 is 19.5 Å². The summed E-state index contributed by atoms with van der Waals surface area (Å²) in [7, 11) is 4.92. The number of nitrogens with zero attached hydrogens (tertiary/aromatic N) is 1. The van der Waals surface area contributed by atoms with Crippen LogP contribution in [0.5, 0.6) is 17.2 Å². The average molecular weight is 461 g/mol. The fourth-order valence-electron chi connectivity index (χ4n) is 4.55. The van der Waals surface area contributed by atoms with Gasteiger partial charge in [0.2, 0.25) is 0 Å². The molecular formula is C28H32N2O4. The normalized spacial score (nSPS) is 15.4. The van der Waals surface area contributed by atoms with Gasteiger partial charge in [-0.2, -0.15) is 0 Å². The summed E-state index contributed by atoms with van der Waals surface area (Å²) in [6, 6.07) is 19.7. The van der Waals surface area contributed by atoms with Crippen molar-refractivity contribution in [2.75, 3.05) is 34.4 Å². The zero-order valence-corrected chi connectivity index (χ0v) is 20.3. The molecule has 1 atom stereocenters. The first-order chi connectivity index (χ1) is 16.5. The molecule has 0 fully saturated rings. The lowest BCUT2D eigenvalue weighted by molar-refractivity contribution is 0.0925. The van der Waals surface area contributed by atoms with Crippen LogP contribution < -0.4 is 19.5 Å². The molecule has 4 rings (SSSR count). The molecule has 0 saturated carbocycles. The van der Waals surface area contributed by atoms with Gasteiger partial charge in [0.1, 0.15) is 5.75 Å². The summed E-state index contributed by atoms with van der Waals surface area (Å²) in [4.78, 5) is 15.4. The second-order valence-electron chi connectivity index (χ2n) is 8.51. The summed E-state index contributed by atoms with van der Waals surface area (Å²) in [6.07, 6.45) is 0.907. The summed E-state index contributed by atoms with van der Waals surface area (Å²) >= 11 is 0. The highest BCUT2D eigenvalue weighted by atomic mass is 16.5. The van der Waals surface area contributed by atoms with E-state index in [1.165, 1.54) is 16.7 Å². The van der Waals surface area contributed by atoms with E-state index in [0.29, 0.717) is 17.9 Å². The molecule has 0 aromatic heterocycles. The van der Waals surface area contributed by atoms with Crippen LogP contribution in [0.25, 0.3) is 0 Å². The fourth-order valence-corrected chi connectivity index (χ4v) is 4.55. The van der Waals surface area contributed by atoms with Crippen molar-refractivity contribution in [1.82, 2.24) is 10.2 Å². The molecule has 0 saturated heterocycles. The van der Waals surface area contributed by atoms with Crippen LogP contribution in [0.15, 0.2) is 60.7 Å². The van der Waals surface area contributed by atoms with Gasteiger partial charge in [0, 0.05) is 25.2 Å². The van der Waals surface area contributed by atoms with E-state index < -0.39 is 0 Å². The van der Waals surface area contributed by atoms with E-state index in [-0.39, 0.29) is 11.9 Å². The van der Waals surface area contributed by atoms with Crippen molar-refractivity contribution in [3.8, 4) is 17.2 Å². The minimum Gasteiger partial charge on any atom is -0.497 e. The van der Waals surface area contributed by atoms with Crippen LogP contribution >= 0.6 is 0 Å². The predicted octanol–water partition coefficient (Wildman–Crippen LogP) is 4.55. The molecule has 0 aliphatic carbocycles. The van der Waals surface area contributed by atoms with Gasteiger partial charge in [-0.05, 0) is 72.0 Å². The number of ether oxygens (including phenoxy) is 3. The lowest BCUT2D eigenvalue weighted by Crippen LogP contribution is -2.42. The standard InChI is InChI=1S/C28H32N2O4/c1-19-7-5-6-8-22(19)18-30-14-13-21-15-26(33-3)27(34-4)16-24(21)25(30)17-29-28(31)20-9-11-23(32-2)12-10-20/h5-12,15-16,25H,13-14,17-18H2,1-4H3,(H,29,31)/t25-/m0/s1. The van der Waals surface area contributed by atoms with E-state index in [9.17, 15) is 4.79 Å². The van der Waals surface area contributed by atoms with Gasteiger partial charge in [-0.1, -0.05) is 24.3 Å². The predicted molar refractivity (Wildman–Crippen MR) is 133 cm³/mol. The maximum Gasteiger partial charge on any atom is 0.251 e. The minimum absolute atomic E-state index is 0.00496. The van der Waals surface area contributed by atoms with Crippen LogP contribution in [0.1, 0.15) is 38.7 Å². The molecule has 178 valence electrons. The topological polar surface area (TPSA) is 60.0 Å². The summed E-state index contributed by atoms with van der Waals surface area (Å²) in [6.45, 7) is 4.32. The number of fused-ring (bicyclic) bond motifs is 1. The van der Waals surface area contributed by atoms with E-state index in [0.717, 1.165) is 36.6 Å². The Balaban J connectivity index is 1.62. The number of hydrogen-bond acceptors (Lipinski definition) is 5. The van der Waals surface area contributed by atoms with Crippen molar-refractivity contribution in [3.05, 3.63) is 88.5 Å². The van der Waals surface area contributed by atoms with E-state index in [1.807, 2.05) is 0 Å². The molecule has 3 aromatic carbocycles. The smallest absolute Gasteiger partial charge is 0.251 e. The SMILES string of the molecule is COc1ccc(C(=O)NC[C@H]2c3cc(OC)c(OC)cc3CCN2Cc2ccccc2C)cc1. The molecular weight excluding hydrogens is 428 g/mol. The number of carbonyl (C=O) groups excluding carboxylic acids is 1. The second kappa shape index (κ2) is 10.6. The molecule has 0 bridgehead atoms. The van der Waals surface area contributed by atoms with Crippen molar-refractivity contribution in [1.29, 1.82) is 0 Å². The van der Waals surface area contributed by atoms with Crippen LogP contribution in [0.3, 0.4) is 0 Å². The van der Waals surface area contributed by atoms with Gasteiger partial charge in [-0.25, -0.2) is 0 Å². The van der Waals surface area contributed by atoms with Crippen LogP contribution in [0.2, 0.25) is 0 Å². The van der Waals surface area contributed by atoms with Crippen molar-refractivity contribution < 1.29 is 19.0 Å². The Morgan fingerprint density at radius 3 is 2.35 bits per heavy atom. The number of hydrogen-bond donors (Lipinski definition) is 1. The maximum atomic E-state index is 12.9. The number of aryl methyl sites for hydroxylation is 1. The van der Waals surface area contributed by atoms with Crippen molar-refractivity contribution in [3.63, 3.8) is 0 Å². The molecule has 3 aromatic rings. The molecule has 1 amide bonds. The van der Waals surface area contributed by atoms with E-state index in [2.05, 4.69) is 53.5 Å². The third kappa shape index (κ3) is 5.02. The first-order valence-electron chi connectivity index (χ1n) is 11.5. The number of benzene rings is 3. The molecule has 1 heterocycles. The number of amides is 1. The van der Waals surface area contributed by atoms with Crippen LogP contribution in [-0.2, 0) is 13.0 Å². The Kier molecular flexibility index (Phi) is 7.38. The summed E-state index contributed by atoms with van der Waals surface area (Å²) < 4.78 is 16.3. The Labute approximate surface area is 201 Å².